The molecule has 0 aromatic heterocycles. The van der Waals surface area contributed by atoms with Crippen LogP contribution in [-0.4, -0.2) is 37.2 Å². The highest BCUT2D eigenvalue weighted by Crippen LogP contribution is 2.17. The molecule has 0 aliphatic carbocycles. The van der Waals surface area contributed by atoms with Crippen LogP contribution in [0.25, 0.3) is 0 Å². The van der Waals surface area contributed by atoms with Crippen molar-refractivity contribution in [2.45, 2.75) is 329 Å². The van der Waals surface area contributed by atoms with Gasteiger partial charge in [0, 0.05) is 19.3 Å². The van der Waals surface area contributed by atoms with E-state index in [0.29, 0.717) is 19.3 Å². The van der Waals surface area contributed by atoms with Crippen LogP contribution in [0.5, 0.6) is 0 Å². The summed E-state index contributed by atoms with van der Waals surface area (Å²) in [6.07, 6.45) is 60.9. The van der Waals surface area contributed by atoms with E-state index in [2.05, 4.69) is 32.9 Å². The van der Waals surface area contributed by atoms with Gasteiger partial charge in [-0.1, -0.05) is 277 Å². The molecule has 0 heterocycles. The number of esters is 3. The zero-order valence-corrected chi connectivity index (χ0v) is 43.3. The van der Waals surface area contributed by atoms with Crippen LogP contribution in [0, 0.1) is 0 Å². The maximum absolute atomic E-state index is 12.8. The number of unbranched alkanes of at least 4 members (excludes halogenated alkanes) is 40. The molecule has 0 fully saturated rings. The normalized spacial score (nSPS) is 12.0. The summed E-state index contributed by atoms with van der Waals surface area (Å²) < 4.78 is 16.8. The SMILES string of the molecule is CCC/C=C\CCCCCCCC(=O)OCC(COC(=O)CCCCCCCCCCCCCCCCCCCCCCCCCCC)OC(=O)CCCCCCCCCCCCC. The molecule has 0 rings (SSSR count). The van der Waals surface area contributed by atoms with E-state index >= 15 is 0 Å². The van der Waals surface area contributed by atoms with E-state index in [9.17, 15) is 14.4 Å². The first-order chi connectivity index (χ1) is 31.5. The predicted octanol–water partition coefficient (Wildman–Crippen LogP) is 18.9. The molecule has 6 nitrogen and oxygen atoms in total. The third-order valence-corrected chi connectivity index (χ3v) is 13.0. The Kier molecular flexibility index (Phi) is 52.2. The lowest BCUT2D eigenvalue weighted by Gasteiger charge is -2.18. The molecule has 378 valence electrons. The lowest BCUT2D eigenvalue weighted by molar-refractivity contribution is -0.167. The number of carbonyl (C=O) groups is 3. The van der Waals surface area contributed by atoms with Gasteiger partial charge in [0.05, 0.1) is 0 Å². The Hall–Kier alpha value is -1.85. The molecule has 1 atom stereocenters. The van der Waals surface area contributed by atoms with Crippen molar-refractivity contribution < 1.29 is 28.6 Å². The van der Waals surface area contributed by atoms with Crippen LogP contribution in [0.3, 0.4) is 0 Å². The van der Waals surface area contributed by atoms with Crippen molar-refractivity contribution >= 4 is 17.9 Å². The van der Waals surface area contributed by atoms with Gasteiger partial charge in [-0.3, -0.25) is 14.4 Å². The molecule has 64 heavy (non-hydrogen) atoms. The standard InChI is InChI=1S/C58H110O6/c1-4-7-10-13-16-19-22-23-24-25-26-27-28-29-30-31-32-33-34-35-37-39-42-45-48-51-57(60)63-54-55(53-62-56(59)50-47-44-41-38-21-18-15-12-9-6-3)64-58(61)52-49-46-43-40-36-20-17-14-11-8-5-2/h12,15,55H,4-11,13-14,16-54H2,1-3H3/b15-12-. The molecule has 0 aliphatic rings. The number of allylic oxidation sites excluding steroid dienone is 2. The van der Waals surface area contributed by atoms with Gasteiger partial charge in [-0.25, -0.2) is 0 Å². The molecule has 0 N–H and O–H groups in total. The van der Waals surface area contributed by atoms with Crippen molar-refractivity contribution in [3.05, 3.63) is 12.2 Å². The van der Waals surface area contributed by atoms with Crippen LogP contribution < -0.4 is 0 Å². The smallest absolute Gasteiger partial charge is 0.306 e. The number of rotatable bonds is 53. The van der Waals surface area contributed by atoms with E-state index in [0.717, 1.165) is 70.6 Å². The fourth-order valence-electron chi connectivity index (χ4n) is 8.68. The summed E-state index contributed by atoms with van der Waals surface area (Å²) >= 11 is 0. The maximum atomic E-state index is 12.8. The minimum atomic E-state index is -0.766. The average molecular weight is 904 g/mol. The van der Waals surface area contributed by atoms with Gasteiger partial charge in [0.1, 0.15) is 13.2 Å². The van der Waals surface area contributed by atoms with Gasteiger partial charge in [-0.15, -0.1) is 0 Å². The number of carbonyl (C=O) groups excluding carboxylic acids is 3. The van der Waals surface area contributed by atoms with Crippen LogP contribution >= 0.6 is 0 Å². The van der Waals surface area contributed by atoms with Crippen molar-refractivity contribution in [2.24, 2.45) is 0 Å². The Morgan fingerprint density at radius 1 is 0.297 bits per heavy atom. The van der Waals surface area contributed by atoms with Gasteiger partial charge in [-0.05, 0) is 38.5 Å². The minimum absolute atomic E-state index is 0.0672. The summed E-state index contributed by atoms with van der Waals surface area (Å²) in [6.45, 7) is 6.61. The van der Waals surface area contributed by atoms with Crippen LogP contribution in [0.4, 0.5) is 0 Å². The summed E-state index contributed by atoms with van der Waals surface area (Å²) in [5.41, 5.74) is 0. The first-order valence-corrected chi connectivity index (χ1v) is 28.7. The second-order valence-corrected chi connectivity index (χ2v) is 19.6. The topological polar surface area (TPSA) is 78.9 Å². The largest absolute Gasteiger partial charge is 0.462 e. The molecule has 0 amide bonds. The van der Waals surface area contributed by atoms with Crippen LogP contribution in [0.2, 0.25) is 0 Å². The van der Waals surface area contributed by atoms with Crippen molar-refractivity contribution in [3.63, 3.8) is 0 Å². The molecular formula is C58H110O6. The molecule has 1 unspecified atom stereocenters. The molecule has 0 aliphatic heterocycles. The van der Waals surface area contributed by atoms with E-state index in [-0.39, 0.29) is 31.1 Å². The van der Waals surface area contributed by atoms with Gasteiger partial charge in [0.15, 0.2) is 6.10 Å². The lowest BCUT2D eigenvalue weighted by atomic mass is 10.0. The van der Waals surface area contributed by atoms with Crippen LogP contribution in [-0.2, 0) is 28.6 Å². The van der Waals surface area contributed by atoms with Gasteiger partial charge >= 0.3 is 17.9 Å². The highest BCUT2D eigenvalue weighted by molar-refractivity contribution is 5.71. The predicted molar refractivity (Wildman–Crippen MR) is 275 cm³/mol. The van der Waals surface area contributed by atoms with Gasteiger partial charge in [-0.2, -0.15) is 0 Å². The maximum Gasteiger partial charge on any atom is 0.306 e. The first-order valence-electron chi connectivity index (χ1n) is 28.7. The highest BCUT2D eigenvalue weighted by atomic mass is 16.6. The molecule has 0 saturated carbocycles. The molecule has 0 aromatic carbocycles. The highest BCUT2D eigenvalue weighted by Gasteiger charge is 2.19. The number of hydrogen-bond acceptors (Lipinski definition) is 6. The van der Waals surface area contributed by atoms with E-state index < -0.39 is 6.10 Å². The zero-order valence-electron chi connectivity index (χ0n) is 43.3. The van der Waals surface area contributed by atoms with E-state index in [1.165, 1.54) is 212 Å². The van der Waals surface area contributed by atoms with Crippen LogP contribution in [0.15, 0.2) is 12.2 Å². The molecule has 0 bridgehead atoms. The summed E-state index contributed by atoms with van der Waals surface area (Å²) in [5, 5.41) is 0. The molecule has 0 aromatic rings. The van der Waals surface area contributed by atoms with Crippen molar-refractivity contribution in [2.75, 3.05) is 13.2 Å². The summed E-state index contributed by atoms with van der Waals surface area (Å²) in [4.78, 5) is 37.9. The third kappa shape index (κ3) is 51.1. The fraction of sp³-hybridized carbons (Fsp3) is 0.914. The minimum Gasteiger partial charge on any atom is -0.462 e. The lowest BCUT2D eigenvalue weighted by Crippen LogP contribution is -2.30. The molecular weight excluding hydrogens is 793 g/mol. The van der Waals surface area contributed by atoms with Crippen molar-refractivity contribution in [3.8, 4) is 0 Å². The molecule has 0 spiro atoms. The summed E-state index contributed by atoms with van der Waals surface area (Å²) in [5.74, 6) is -0.860. The Labute approximate surface area is 399 Å². The summed E-state index contributed by atoms with van der Waals surface area (Å²) in [7, 11) is 0. The second kappa shape index (κ2) is 53.8. The Morgan fingerprint density at radius 2 is 0.547 bits per heavy atom. The van der Waals surface area contributed by atoms with E-state index in [4.69, 9.17) is 14.2 Å². The average Bonchev–Trinajstić information content (AvgIpc) is 3.29. The van der Waals surface area contributed by atoms with Crippen LogP contribution in [0.1, 0.15) is 323 Å². The van der Waals surface area contributed by atoms with Gasteiger partial charge in [0.25, 0.3) is 0 Å². The fourth-order valence-corrected chi connectivity index (χ4v) is 8.68. The monoisotopic (exact) mass is 903 g/mol. The Morgan fingerprint density at radius 3 is 0.844 bits per heavy atom. The quantitative estimate of drug-likeness (QED) is 0.0262. The third-order valence-electron chi connectivity index (χ3n) is 13.0. The number of ether oxygens (including phenoxy) is 3. The van der Waals surface area contributed by atoms with E-state index in [1.807, 2.05) is 0 Å². The van der Waals surface area contributed by atoms with Crippen molar-refractivity contribution in [1.29, 1.82) is 0 Å². The molecule has 6 heteroatoms. The summed E-state index contributed by atoms with van der Waals surface area (Å²) in [6, 6.07) is 0. The number of hydrogen-bond donors (Lipinski definition) is 0. The Balaban J connectivity index is 4.09. The Bertz CT molecular complexity index is 993. The zero-order chi connectivity index (χ0) is 46.5. The first kappa shape index (κ1) is 62.1. The molecule has 0 radical (unpaired) electrons. The van der Waals surface area contributed by atoms with Gasteiger partial charge in [0.2, 0.25) is 0 Å². The van der Waals surface area contributed by atoms with E-state index in [1.54, 1.807) is 0 Å². The molecule has 0 saturated heterocycles. The van der Waals surface area contributed by atoms with Crippen molar-refractivity contribution in [1.82, 2.24) is 0 Å². The van der Waals surface area contributed by atoms with Gasteiger partial charge < -0.3 is 14.2 Å². The second-order valence-electron chi connectivity index (χ2n) is 19.6.